The Kier molecular flexibility index (Phi) is 5.97. The highest BCUT2D eigenvalue weighted by Gasteiger charge is 2.21. The molecule has 0 aromatic heterocycles. The summed E-state index contributed by atoms with van der Waals surface area (Å²) in [6.07, 6.45) is 1.58. The van der Waals surface area contributed by atoms with Gasteiger partial charge in [0.05, 0.1) is 23.8 Å². The minimum absolute atomic E-state index is 0.307. The van der Waals surface area contributed by atoms with E-state index in [9.17, 15) is 0 Å². The van der Waals surface area contributed by atoms with Crippen molar-refractivity contribution >= 4 is 23.2 Å². The summed E-state index contributed by atoms with van der Waals surface area (Å²) in [5, 5.41) is 1.24. The Labute approximate surface area is 130 Å². The fraction of sp³-hybridized carbons (Fsp3) is 0.600. The molecule has 1 aromatic carbocycles. The van der Waals surface area contributed by atoms with Crippen LogP contribution in [0.2, 0.25) is 10.0 Å². The van der Waals surface area contributed by atoms with E-state index in [-0.39, 0.29) is 0 Å². The van der Waals surface area contributed by atoms with Crippen LogP contribution in [-0.2, 0) is 4.74 Å². The second-order valence-corrected chi connectivity index (χ2v) is 6.14. The Morgan fingerprint density at radius 2 is 1.95 bits per heavy atom. The molecule has 0 spiro atoms. The minimum Gasteiger partial charge on any atom is -0.492 e. The molecule has 0 N–H and O–H groups in total. The van der Waals surface area contributed by atoms with Gasteiger partial charge in [0.2, 0.25) is 0 Å². The predicted molar refractivity (Wildman–Crippen MR) is 83.0 cm³/mol. The number of ether oxygens (including phenoxy) is 2. The van der Waals surface area contributed by atoms with Crippen LogP contribution in [-0.4, -0.2) is 43.3 Å². The molecule has 3 nitrogen and oxygen atoms in total. The van der Waals surface area contributed by atoms with Gasteiger partial charge >= 0.3 is 0 Å². The normalized spacial score (nSPS) is 23.8. The molecule has 2 rings (SSSR count). The third kappa shape index (κ3) is 4.81. The second-order valence-electron chi connectivity index (χ2n) is 5.29. The molecule has 0 bridgehead atoms. The summed E-state index contributed by atoms with van der Waals surface area (Å²) in [5.41, 5.74) is 0. The largest absolute Gasteiger partial charge is 0.492 e. The summed E-state index contributed by atoms with van der Waals surface area (Å²) in [6.45, 7) is 7.86. The molecular weight excluding hydrogens is 297 g/mol. The van der Waals surface area contributed by atoms with Crippen molar-refractivity contribution in [2.45, 2.75) is 32.5 Å². The molecule has 0 aliphatic carbocycles. The first-order valence-corrected chi connectivity index (χ1v) is 7.76. The summed E-state index contributed by atoms with van der Waals surface area (Å²) in [7, 11) is 0. The molecule has 1 fully saturated rings. The van der Waals surface area contributed by atoms with E-state index in [1.807, 2.05) is 0 Å². The van der Waals surface area contributed by atoms with Crippen LogP contribution in [0.1, 0.15) is 20.3 Å². The molecule has 1 aromatic rings. The first kappa shape index (κ1) is 15.9. The molecule has 0 saturated carbocycles. The number of rotatable bonds is 5. The molecular formula is C15H21Cl2NO2. The molecule has 0 amide bonds. The number of nitrogens with zero attached hydrogens (tertiary/aromatic N) is 1. The molecule has 112 valence electrons. The van der Waals surface area contributed by atoms with Gasteiger partial charge in [-0.25, -0.2) is 0 Å². The lowest BCUT2D eigenvalue weighted by Crippen LogP contribution is -2.45. The standard InChI is InChI=1S/C15H21Cl2NO2/c1-11-9-18(10-12(2)20-11)6-3-7-19-15-8-13(16)4-5-14(15)17/h4-5,8,11-12H,3,6-7,9-10H2,1-2H3. The van der Waals surface area contributed by atoms with E-state index in [4.69, 9.17) is 32.7 Å². The quantitative estimate of drug-likeness (QED) is 0.769. The van der Waals surface area contributed by atoms with Gasteiger partial charge in [-0.3, -0.25) is 4.90 Å². The maximum absolute atomic E-state index is 6.05. The lowest BCUT2D eigenvalue weighted by Gasteiger charge is -2.35. The van der Waals surface area contributed by atoms with Gasteiger partial charge in [0.25, 0.3) is 0 Å². The Balaban J connectivity index is 1.72. The Morgan fingerprint density at radius 1 is 1.25 bits per heavy atom. The van der Waals surface area contributed by atoms with Gasteiger partial charge in [-0.15, -0.1) is 0 Å². The van der Waals surface area contributed by atoms with Gasteiger partial charge in [-0.2, -0.15) is 0 Å². The number of halogens is 2. The fourth-order valence-electron chi connectivity index (χ4n) is 2.53. The van der Waals surface area contributed by atoms with Crippen LogP contribution in [0.4, 0.5) is 0 Å². The van der Waals surface area contributed by atoms with E-state index in [0.29, 0.717) is 34.6 Å². The molecule has 2 atom stereocenters. The monoisotopic (exact) mass is 317 g/mol. The van der Waals surface area contributed by atoms with Gasteiger partial charge in [0, 0.05) is 30.7 Å². The van der Waals surface area contributed by atoms with Crippen molar-refractivity contribution < 1.29 is 9.47 Å². The molecule has 1 heterocycles. The van der Waals surface area contributed by atoms with Crippen molar-refractivity contribution in [1.82, 2.24) is 4.90 Å². The smallest absolute Gasteiger partial charge is 0.139 e. The van der Waals surface area contributed by atoms with Crippen LogP contribution in [0.3, 0.4) is 0 Å². The lowest BCUT2D eigenvalue weighted by molar-refractivity contribution is -0.0686. The topological polar surface area (TPSA) is 21.7 Å². The summed E-state index contributed by atoms with van der Waals surface area (Å²) in [6, 6.07) is 5.26. The summed E-state index contributed by atoms with van der Waals surface area (Å²) in [5.74, 6) is 0.655. The molecule has 0 radical (unpaired) electrons. The van der Waals surface area contributed by atoms with E-state index in [0.717, 1.165) is 26.1 Å². The van der Waals surface area contributed by atoms with E-state index in [2.05, 4.69) is 18.7 Å². The predicted octanol–water partition coefficient (Wildman–Crippen LogP) is 3.87. The average Bonchev–Trinajstić information content (AvgIpc) is 2.37. The lowest BCUT2D eigenvalue weighted by atomic mass is 10.2. The van der Waals surface area contributed by atoms with Gasteiger partial charge in [-0.05, 0) is 32.4 Å². The molecule has 2 unspecified atom stereocenters. The van der Waals surface area contributed by atoms with Crippen molar-refractivity contribution in [3.63, 3.8) is 0 Å². The molecule has 1 saturated heterocycles. The average molecular weight is 318 g/mol. The van der Waals surface area contributed by atoms with E-state index in [1.54, 1.807) is 18.2 Å². The van der Waals surface area contributed by atoms with Crippen molar-refractivity contribution in [1.29, 1.82) is 0 Å². The maximum Gasteiger partial charge on any atom is 0.139 e. The molecule has 1 aliphatic rings. The van der Waals surface area contributed by atoms with Gasteiger partial charge in [0.15, 0.2) is 0 Å². The van der Waals surface area contributed by atoms with Crippen LogP contribution in [0.25, 0.3) is 0 Å². The number of hydrogen-bond acceptors (Lipinski definition) is 3. The van der Waals surface area contributed by atoms with Crippen LogP contribution >= 0.6 is 23.2 Å². The van der Waals surface area contributed by atoms with E-state index in [1.165, 1.54) is 0 Å². The van der Waals surface area contributed by atoms with Crippen LogP contribution in [0.15, 0.2) is 18.2 Å². The Hall–Kier alpha value is -0.480. The highest BCUT2D eigenvalue weighted by Crippen LogP contribution is 2.27. The second kappa shape index (κ2) is 7.51. The van der Waals surface area contributed by atoms with Crippen molar-refractivity contribution in [3.05, 3.63) is 28.2 Å². The van der Waals surface area contributed by atoms with Gasteiger partial charge in [0.1, 0.15) is 5.75 Å². The maximum atomic E-state index is 6.05. The SMILES string of the molecule is CC1CN(CCCOc2cc(Cl)ccc2Cl)CC(C)O1. The Morgan fingerprint density at radius 3 is 2.65 bits per heavy atom. The fourth-order valence-corrected chi connectivity index (χ4v) is 2.86. The van der Waals surface area contributed by atoms with Crippen LogP contribution in [0.5, 0.6) is 5.75 Å². The zero-order valence-corrected chi connectivity index (χ0v) is 13.5. The van der Waals surface area contributed by atoms with Crippen molar-refractivity contribution in [3.8, 4) is 5.75 Å². The summed E-state index contributed by atoms with van der Waals surface area (Å²) < 4.78 is 11.4. The van der Waals surface area contributed by atoms with E-state index < -0.39 is 0 Å². The van der Waals surface area contributed by atoms with Crippen molar-refractivity contribution in [2.24, 2.45) is 0 Å². The summed E-state index contributed by atoms with van der Waals surface area (Å²) in [4.78, 5) is 2.42. The third-order valence-corrected chi connectivity index (χ3v) is 3.81. The van der Waals surface area contributed by atoms with Crippen LogP contribution < -0.4 is 4.74 Å². The Bertz CT molecular complexity index is 432. The zero-order valence-electron chi connectivity index (χ0n) is 11.9. The highest BCUT2D eigenvalue weighted by atomic mass is 35.5. The number of benzene rings is 1. The van der Waals surface area contributed by atoms with Crippen LogP contribution in [0, 0.1) is 0 Å². The van der Waals surface area contributed by atoms with Crippen molar-refractivity contribution in [2.75, 3.05) is 26.2 Å². The third-order valence-electron chi connectivity index (χ3n) is 3.26. The molecule has 1 aliphatic heterocycles. The minimum atomic E-state index is 0.307. The first-order chi connectivity index (χ1) is 9.54. The molecule has 5 heteroatoms. The van der Waals surface area contributed by atoms with Gasteiger partial charge < -0.3 is 9.47 Å². The zero-order chi connectivity index (χ0) is 14.5. The van der Waals surface area contributed by atoms with E-state index >= 15 is 0 Å². The molecule has 20 heavy (non-hydrogen) atoms. The summed E-state index contributed by atoms with van der Waals surface area (Å²) >= 11 is 12.0. The first-order valence-electron chi connectivity index (χ1n) is 7.00. The number of hydrogen-bond donors (Lipinski definition) is 0. The highest BCUT2D eigenvalue weighted by molar-refractivity contribution is 6.34. The number of morpholine rings is 1. The van der Waals surface area contributed by atoms with Gasteiger partial charge in [-0.1, -0.05) is 23.2 Å².